The first-order valence-corrected chi connectivity index (χ1v) is 10.4. The molecule has 3 aromatic rings. The van der Waals surface area contributed by atoms with Crippen LogP contribution < -0.4 is 15.0 Å². The minimum atomic E-state index is -1.05. The van der Waals surface area contributed by atoms with Crippen LogP contribution in [0.2, 0.25) is 5.02 Å². The molecular formula is C25H17ClN2O6. The summed E-state index contributed by atoms with van der Waals surface area (Å²) in [5.74, 6) is -2.30. The van der Waals surface area contributed by atoms with Crippen LogP contribution in [-0.4, -0.2) is 28.9 Å². The predicted octanol–water partition coefficient (Wildman–Crippen LogP) is 4.28. The van der Waals surface area contributed by atoms with Gasteiger partial charge in [0.2, 0.25) is 0 Å². The molecule has 1 saturated heterocycles. The van der Waals surface area contributed by atoms with Gasteiger partial charge < -0.3 is 9.84 Å². The fourth-order valence-corrected chi connectivity index (χ4v) is 3.45. The number of carbonyl (C=O) groups excluding carboxylic acids is 3. The number of ether oxygens (including phenoxy) is 1. The Morgan fingerprint density at radius 2 is 1.74 bits per heavy atom. The second-order valence-electron chi connectivity index (χ2n) is 7.27. The van der Waals surface area contributed by atoms with E-state index in [2.05, 4.69) is 5.32 Å². The van der Waals surface area contributed by atoms with Gasteiger partial charge in [-0.05, 0) is 54.1 Å². The number of carboxylic acids is 1. The molecule has 8 nitrogen and oxygen atoms in total. The number of carboxylic acid groups (broad SMARTS) is 1. The molecular weight excluding hydrogens is 460 g/mol. The van der Waals surface area contributed by atoms with Gasteiger partial charge in [-0.15, -0.1) is 0 Å². The van der Waals surface area contributed by atoms with Crippen LogP contribution in [0, 0.1) is 0 Å². The number of carbonyl (C=O) groups is 4. The molecule has 4 rings (SSSR count). The van der Waals surface area contributed by atoms with Crippen LogP contribution in [0.25, 0.3) is 6.08 Å². The maximum Gasteiger partial charge on any atom is 0.335 e. The Balaban J connectivity index is 1.62. The molecule has 1 fully saturated rings. The molecule has 9 heteroatoms. The molecule has 0 aliphatic carbocycles. The van der Waals surface area contributed by atoms with Gasteiger partial charge in [0, 0.05) is 10.6 Å². The van der Waals surface area contributed by atoms with Crippen molar-refractivity contribution in [1.29, 1.82) is 0 Å². The number of amides is 4. The average Bonchev–Trinajstić information content (AvgIpc) is 2.82. The lowest BCUT2D eigenvalue weighted by Gasteiger charge is -2.26. The van der Waals surface area contributed by atoms with Crippen molar-refractivity contribution in [3.05, 3.63) is 100 Å². The molecule has 1 aliphatic heterocycles. The van der Waals surface area contributed by atoms with Crippen LogP contribution in [0.15, 0.2) is 78.4 Å². The van der Waals surface area contributed by atoms with E-state index < -0.39 is 23.8 Å². The standard InChI is InChI=1S/C25H17ClN2O6/c26-18-8-10-19(11-9-18)28-23(30)20(22(29)27-25(28)33)13-16-5-1-2-7-21(16)34-14-15-4-3-6-17(12-15)24(31)32/h1-13H,14H2,(H,31,32)(H,27,29,33)/b20-13+. The van der Waals surface area contributed by atoms with Crippen LogP contribution >= 0.6 is 11.6 Å². The van der Waals surface area contributed by atoms with Crippen LogP contribution in [-0.2, 0) is 16.2 Å². The van der Waals surface area contributed by atoms with Gasteiger partial charge in [-0.3, -0.25) is 14.9 Å². The summed E-state index contributed by atoms with van der Waals surface area (Å²) in [4.78, 5) is 49.9. The highest BCUT2D eigenvalue weighted by atomic mass is 35.5. The maximum absolute atomic E-state index is 13.1. The summed E-state index contributed by atoms with van der Waals surface area (Å²) in [7, 11) is 0. The number of para-hydroxylation sites is 1. The molecule has 1 aliphatic rings. The van der Waals surface area contributed by atoms with Gasteiger partial charge in [0.1, 0.15) is 17.9 Å². The van der Waals surface area contributed by atoms with E-state index in [0.29, 0.717) is 21.9 Å². The third-order valence-corrected chi connectivity index (χ3v) is 5.23. The Labute approximate surface area is 199 Å². The summed E-state index contributed by atoms with van der Waals surface area (Å²) in [6.07, 6.45) is 1.34. The van der Waals surface area contributed by atoms with E-state index in [1.165, 1.54) is 42.5 Å². The molecule has 0 unspecified atom stereocenters. The molecule has 0 atom stereocenters. The lowest BCUT2D eigenvalue weighted by Crippen LogP contribution is -2.54. The predicted molar refractivity (Wildman–Crippen MR) is 125 cm³/mol. The van der Waals surface area contributed by atoms with Crippen molar-refractivity contribution in [3.8, 4) is 5.75 Å². The molecule has 2 N–H and O–H groups in total. The summed E-state index contributed by atoms with van der Waals surface area (Å²) in [6, 6.07) is 18.2. The molecule has 4 amide bonds. The Morgan fingerprint density at radius 1 is 1.00 bits per heavy atom. The quantitative estimate of drug-likeness (QED) is 0.405. The smallest absolute Gasteiger partial charge is 0.335 e. The zero-order valence-corrected chi connectivity index (χ0v) is 18.3. The molecule has 0 bridgehead atoms. The van der Waals surface area contributed by atoms with Gasteiger partial charge in [0.15, 0.2) is 0 Å². The van der Waals surface area contributed by atoms with Gasteiger partial charge in [0.25, 0.3) is 11.8 Å². The fraction of sp³-hybridized carbons (Fsp3) is 0.0400. The summed E-state index contributed by atoms with van der Waals surface area (Å²) in [5.41, 5.74) is 1.20. The molecule has 0 radical (unpaired) electrons. The lowest BCUT2D eigenvalue weighted by molar-refractivity contribution is -0.122. The molecule has 3 aromatic carbocycles. The number of barbiturate groups is 1. The number of halogens is 1. The molecule has 170 valence electrons. The third-order valence-electron chi connectivity index (χ3n) is 4.97. The highest BCUT2D eigenvalue weighted by Gasteiger charge is 2.36. The first-order valence-electron chi connectivity index (χ1n) is 10.0. The topological polar surface area (TPSA) is 113 Å². The Kier molecular flexibility index (Phi) is 6.42. The highest BCUT2D eigenvalue weighted by Crippen LogP contribution is 2.27. The van der Waals surface area contributed by atoms with E-state index in [4.69, 9.17) is 21.4 Å². The summed E-state index contributed by atoms with van der Waals surface area (Å²) >= 11 is 5.89. The van der Waals surface area contributed by atoms with Crippen LogP contribution in [0.3, 0.4) is 0 Å². The second-order valence-corrected chi connectivity index (χ2v) is 7.70. The molecule has 1 heterocycles. The molecule has 34 heavy (non-hydrogen) atoms. The number of nitrogens with one attached hydrogen (secondary N) is 1. The summed E-state index contributed by atoms with van der Waals surface area (Å²) < 4.78 is 5.84. The van der Waals surface area contributed by atoms with Gasteiger partial charge in [0.05, 0.1) is 11.3 Å². The number of benzene rings is 3. The largest absolute Gasteiger partial charge is 0.488 e. The average molecular weight is 477 g/mol. The van der Waals surface area contributed by atoms with Crippen molar-refractivity contribution >= 4 is 47.2 Å². The SMILES string of the molecule is O=C1NC(=O)N(c2ccc(Cl)cc2)C(=O)/C1=C/c1ccccc1OCc1cccc(C(=O)O)c1. The number of hydrogen-bond acceptors (Lipinski definition) is 5. The second kappa shape index (κ2) is 9.60. The highest BCUT2D eigenvalue weighted by molar-refractivity contribution is 6.39. The summed E-state index contributed by atoms with van der Waals surface area (Å²) in [5, 5.41) is 11.8. The zero-order valence-electron chi connectivity index (χ0n) is 17.5. The number of anilines is 1. The third kappa shape index (κ3) is 4.82. The van der Waals surface area contributed by atoms with Gasteiger partial charge in [-0.2, -0.15) is 0 Å². The van der Waals surface area contributed by atoms with E-state index in [9.17, 15) is 19.2 Å². The minimum absolute atomic E-state index is 0.0663. The van der Waals surface area contributed by atoms with E-state index in [0.717, 1.165) is 4.90 Å². The van der Waals surface area contributed by atoms with Gasteiger partial charge in [-0.25, -0.2) is 14.5 Å². The van der Waals surface area contributed by atoms with Crippen molar-refractivity contribution < 1.29 is 29.0 Å². The number of hydrogen-bond donors (Lipinski definition) is 2. The Bertz CT molecular complexity index is 1330. The number of imide groups is 2. The van der Waals surface area contributed by atoms with Crippen molar-refractivity contribution in [3.63, 3.8) is 0 Å². The van der Waals surface area contributed by atoms with Gasteiger partial charge in [-0.1, -0.05) is 41.9 Å². The molecule has 0 saturated carbocycles. The van der Waals surface area contributed by atoms with E-state index in [1.807, 2.05) is 0 Å². The Hall–Kier alpha value is -4.43. The zero-order chi connectivity index (χ0) is 24.2. The van der Waals surface area contributed by atoms with E-state index in [-0.39, 0.29) is 23.4 Å². The van der Waals surface area contributed by atoms with Crippen LogP contribution in [0.5, 0.6) is 5.75 Å². The van der Waals surface area contributed by atoms with Crippen LogP contribution in [0.4, 0.5) is 10.5 Å². The monoisotopic (exact) mass is 476 g/mol. The maximum atomic E-state index is 13.1. The fourth-order valence-electron chi connectivity index (χ4n) is 3.32. The van der Waals surface area contributed by atoms with E-state index >= 15 is 0 Å². The number of aromatic carboxylic acids is 1. The minimum Gasteiger partial charge on any atom is -0.488 e. The first-order chi connectivity index (χ1) is 16.3. The number of nitrogens with zero attached hydrogens (tertiary/aromatic N) is 1. The normalized spacial score (nSPS) is 14.8. The molecule has 0 aromatic heterocycles. The van der Waals surface area contributed by atoms with Crippen molar-refractivity contribution in [2.75, 3.05) is 4.90 Å². The summed E-state index contributed by atoms with van der Waals surface area (Å²) in [6.45, 7) is 0.0663. The Morgan fingerprint density at radius 3 is 2.47 bits per heavy atom. The lowest BCUT2D eigenvalue weighted by atomic mass is 10.1. The number of urea groups is 1. The van der Waals surface area contributed by atoms with Crippen molar-refractivity contribution in [2.45, 2.75) is 6.61 Å². The van der Waals surface area contributed by atoms with E-state index in [1.54, 1.807) is 36.4 Å². The van der Waals surface area contributed by atoms with Crippen LogP contribution in [0.1, 0.15) is 21.5 Å². The van der Waals surface area contributed by atoms with Crippen molar-refractivity contribution in [2.24, 2.45) is 0 Å². The first kappa shape index (κ1) is 22.8. The van der Waals surface area contributed by atoms with Gasteiger partial charge >= 0.3 is 12.0 Å². The van der Waals surface area contributed by atoms with Crippen molar-refractivity contribution in [1.82, 2.24) is 5.32 Å². The molecule has 0 spiro atoms. The number of rotatable bonds is 6.